The van der Waals surface area contributed by atoms with Gasteiger partial charge in [0.2, 0.25) is 0 Å². The first kappa shape index (κ1) is 24.9. The lowest BCUT2D eigenvalue weighted by Gasteiger charge is -2.38. The Labute approximate surface area is 240 Å². The van der Waals surface area contributed by atoms with Crippen molar-refractivity contribution in [2.75, 3.05) is 49.1 Å². The lowest BCUT2D eigenvalue weighted by Crippen LogP contribution is -2.52. The van der Waals surface area contributed by atoms with Crippen LogP contribution in [0.1, 0.15) is 49.8 Å². The summed E-state index contributed by atoms with van der Waals surface area (Å²) in [6, 6.07) is 11.4. The third-order valence-electron chi connectivity index (χ3n) is 10.1. The third-order valence-corrected chi connectivity index (χ3v) is 10.4. The number of hydrogen-bond acceptors (Lipinski definition) is 8. The predicted molar refractivity (Wildman–Crippen MR) is 158 cm³/mol. The van der Waals surface area contributed by atoms with Crippen LogP contribution in [0.15, 0.2) is 30.3 Å². The first-order chi connectivity index (χ1) is 19.6. The van der Waals surface area contributed by atoms with Gasteiger partial charge in [-0.2, -0.15) is 9.97 Å². The first-order valence-corrected chi connectivity index (χ1v) is 15.4. The number of aromatic nitrogens is 2. The molecule has 4 fully saturated rings. The van der Waals surface area contributed by atoms with Crippen molar-refractivity contribution < 1.29 is 9.84 Å². The van der Waals surface area contributed by atoms with Crippen LogP contribution in [0.4, 0.5) is 11.5 Å². The summed E-state index contributed by atoms with van der Waals surface area (Å²) in [6.07, 6.45) is 8.17. The highest BCUT2D eigenvalue weighted by atomic mass is 35.5. The lowest BCUT2D eigenvalue weighted by atomic mass is 9.95. The Morgan fingerprint density at radius 3 is 2.60 bits per heavy atom. The highest BCUT2D eigenvalue weighted by Crippen LogP contribution is 2.43. The molecule has 9 heteroatoms. The number of phenols is 1. The molecule has 0 amide bonds. The van der Waals surface area contributed by atoms with Gasteiger partial charge in [-0.1, -0.05) is 35.9 Å². The molecule has 5 aliphatic rings. The molecule has 0 aliphatic carbocycles. The number of rotatable bonds is 5. The Kier molecular flexibility index (Phi) is 6.01. The topological polar surface area (TPSA) is 77.0 Å². The van der Waals surface area contributed by atoms with Crippen LogP contribution in [0.25, 0.3) is 10.8 Å². The number of phenolic OH excluding ortho intramolecular Hbond substituents is 1. The summed E-state index contributed by atoms with van der Waals surface area (Å²) in [5.74, 6) is 1.17. The first-order valence-electron chi connectivity index (χ1n) is 15.0. The van der Waals surface area contributed by atoms with Gasteiger partial charge in [0.25, 0.3) is 0 Å². The van der Waals surface area contributed by atoms with E-state index in [0.717, 1.165) is 54.0 Å². The summed E-state index contributed by atoms with van der Waals surface area (Å²) in [4.78, 5) is 17.5. The van der Waals surface area contributed by atoms with Crippen molar-refractivity contribution in [1.82, 2.24) is 20.2 Å². The van der Waals surface area contributed by atoms with Gasteiger partial charge < -0.3 is 25.0 Å². The molecular formula is C31H37ClN6O2. The summed E-state index contributed by atoms with van der Waals surface area (Å²) in [7, 11) is 0. The average molecular weight is 561 g/mol. The number of piperazine rings is 1. The molecule has 6 heterocycles. The van der Waals surface area contributed by atoms with E-state index in [1.54, 1.807) is 6.07 Å². The Bertz CT molecular complexity index is 1440. The minimum Gasteiger partial charge on any atom is -0.506 e. The van der Waals surface area contributed by atoms with E-state index in [1.807, 2.05) is 18.2 Å². The number of anilines is 2. The summed E-state index contributed by atoms with van der Waals surface area (Å²) >= 11 is 6.76. The van der Waals surface area contributed by atoms with E-state index in [9.17, 15) is 5.11 Å². The molecule has 40 heavy (non-hydrogen) atoms. The van der Waals surface area contributed by atoms with Crippen molar-refractivity contribution in [1.29, 1.82) is 0 Å². The largest absolute Gasteiger partial charge is 0.506 e. The highest BCUT2D eigenvalue weighted by Gasteiger charge is 2.45. The minimum atomic E-state index is 0.113. The second-order valence-corrected chi connectivity index (χ2v) is 12.8. The van der Waals surface area contributed by atoms with Crippen LogP contribution < -0.4 is 19.9 Å². The molecule has 8 nitrogen and oxygen atoms in total. The number of ether oxygens (including phenoxy) is 1. The monoisotopic (exact) mass is 560 g/mol. The summed E-state index contributed by atoms with van der Waals surface area (Å²) in [5, 5.41) is 16.8. The Hall–Kier alpha value is -2.81. The Morgan fingerprint density at radius 2 is 1.80 bits per heavy atom. The van der Waals surface area contributed by atoms with E-state index < -0.39 is 0 Å². The van der Waals surface area contributed by atoms with Crippen molar-refractivity contribution in [2.24, 2.45) is 0 Å². The third kappa shape index (κ3) is 4.10. The molecular weight excluding hydrogens is 524 g/mol. The highest BCUT2D eigenvalue weighted by molar-refractivity contribution is 6.36. The van der Waals surface area contributed by atoms with Crippen LogP contribution in [0.3, 0.4) is 0 Å². The number of nitrogens with zero attached hydrogens (tertiary/aromatic N) is 5. The number of halogens is 1. The van der Waals surface area contributed by atoms with E-state index in [1.165, 1.54) is 57.2 Å². The molecule has 5 aliphatic heterocycles. The summed E-state index contributed by atoms with van der Waals surface area (Å²) < 4.78 is 6.52. The predicted octanol–water partition coefficient (Wildman–Crippen LogP) is 4.50. The van der Waals surface area contributed by atoms with Gasteiger partial charge in [0.05, 0.1) is 23.5 Å². The van der Waals surface area contributed by atoms with Crippen LogP contribution in [0.5, 0.6) is 11.8 Å². The van der Waals surface area contributed by atoms with Gasteiger partial charge in [0.15, 0.2) is 0 Å². The molecule has 4 saturated heterocycles. The van der Waals surface area contributed by atoms with Crippen molar-refractivity contribution in [3.63, 3.8) is 0 Å². The molecule has 1 aromatic heterocycles. The maximum atomic E-state index is 10.7. The lowest BCUT2D eigenvalue weighted by molar-refractivity contribution is 0.107. The van der Waals surface area contributed by atoms with Crippen LogP contribution in [-0.4, -0.2) is 76.9 Å². The standard InChI is InChI=1S/C31H37ClN6O2/c32-27-26(39)15-20-5-1-2-6-23(20)28(27)36-14-9-24-25(18-36)34-30(40-19-31-10-3-12-38(31)13-4-11-31)35-29(24)37-16-21-7-8-22(17-37)33-21/h1-2,5-6,15,21-22,33,39H,3-4,7-14,16-19H2. The number of nitrogens with one attached hydrogen (secondary N) is 1. The number of hydrogen-bond donors (Lipinski definition) is 2. The molecule has 210 valence electrons. The van der Waals surface area contributed by atoms with Gasteiger partial charge >= 0.3 is 6.01 Å². The van der Waals surface area contributed by atoms with Crippen LogP contribution in [0.2, 0.25) is 5.02 Å². The van der Waals surface area contributed by atoms with E-state index in [0.29, 0.717) is 36.3 Å². The van der Waals surface area contributed by atoms with Crippen LogP contribution >= 0.6 is 11.6 Å². The SMILES string of the molecule is Oc1cc2ccccc2c(N2CCc3c(nc(OCC45CCCN4CCC5)nc3N3CC4CCC(C3)N4)C2)c1Cl. The van der Waals surface area contributed by atoms with E-state index >= 15 is 0 Å². The molecule has 0 spiro atoms. The summed E-state index contributed by atoms with van der Waals surface area (Å²) in [6.45, 7) is 6.35. The number of benzene rings is 2. The van der Waals surface area contributed by atoms with Crippen LogP contribution in [-0.2, 0) is 13.0 Å². The van der Waals surface area contributed by atoms with Gasteiger partial charge in [-0.25, -0.2) is 0 Å². The quantitative estimate of drug-likeness (QED) is 0.472. The molecule has 0 radical (unpaired) electrons. The Balaban J connectivity index is 1.16. The van der Waals surface area contributed by atoms with E-state index in [4.69, 9.17) is 26.3 Å². The average Bonchev–Trinajstić information content (AvgIpc) is 3.65. The second-order valence-electron chi connectivity index (χ2n) is 12.5. The zero-order valence-corrected chi connectivity index (χ0v) is 23.7. The van der Waals surface area contributed by atoms with E-state index in [2.05, 4.69) is 26.1 Å². The zero-order chi connectivity index (χ0) is 26.8. The number of fused-ring (bicyclic) bond motifs is 5. The van der Waals surface area contributed by atoms with Gasteiger partial charge in [-0.15, -0.1) is 0 Å². The van der Waals surface area contributed by atoms with Crippen LogP contribution in [0, 0.1) is 0 Å². The fourth-order valence-corrected chi connectivity index (χ4v) is 8.41. The molecule has 0 saturated carbocycles. The fourth-order valence-electron chi connectivity index (χ4n) is 8.13. The van der Waals surface area contributed by atoms with Gasteiger partial charge in [0, 0.05) is 42.7 Å². The zero-order valence-electron chi connectivity index (χ0n) is 22.9. The van der Waals surface area contributed by atoms with Crippen molar-refractivity contribution >= 4 is 33.9 Å². The van der Waals surface area contributed by atoms with Gasteiger partial charge in [0.1, 0.15) is 23.2 Å². The molecule has 2 atom stereocenters. The second kappa shape index (κ2) is 9.64. The molecule has 2 unspecified atom stereocenters. The molecule has 8 rings (SSSR count). The normalized spacial score (nSPS) is 25.4. The maximum absolute atomic E-state index is 10.7. The molecule has 2 aromatic carbocycles. The Morgan fingerprint density at radius 1 is 1.02 bits per heavy atom. The fraction of sp³-hybridized carbons (Fsp3) is 0.548. The van der Waals surface area contributed by atoms with Gasteiger partial charge in [-0.05, 0) is 69.5 Å². The number of aromatic hydroxyl groups is 1. The maximum Gasteiger partial charge on any atom is 0.318 e. The van der Waals surface area contributed by atoms with Crippen molar-refractivity contribution in [2.45, 2.75) is 69.1 Å². The minimum absolute atomic E-state index is 0.113. The van der Waals surface area contributed by atoms with Crippen molar-refractivity contribution in [3.05, 3.63) is 46.6 Å². The van der Waals surface area contributed by atoms with Crippen molar-refractivity contribution in [3.8, 4) is 11.8 Å². The molecule has 3 aromatic rings. The van der Waals surface area contributed by atoms with Gasteiger partial charge in [-0.3, -0.25) is 4.90 Å². The smallest absolute Gasteiger partial charge is 0.318 e. The summed E-state index contributed by atoms with van der Waals surface area (Å²) in [5.41, 5.74) is 3.25. The van der Waals surface area contributed by atoms with E-state index in [-0.39, 0.29) is 11.3 Å². The molecule has 2 bridgehead atoms. The molecule has 2 N–H and O–H groups in total.